The minimum absolute atomic E-state index is 0.0793. The molecule has 0 heterocycles. The van der Waals surface area contributed by atoms with Crippen LogP contribution in [-0.2, 0) is 38.8 Å². The van der Waals surface area contributed by atoms with Gasteiger partial charge in [-0.25, -0.2) is 8.42 Å². The Morgan fingerprint density at radius 1 is 0.872 bits per heavy atom. The van der Waals surface area contributed by atoms with E-state index >= 15 is 0 Å². The van der Waals surface area contributed by atoms with Crippen LogP contribution in [0.25, 0.3) is 0 Å². The molecule has 0 aliphatic carbocycles. The highest BCUT2D eigenvalue weighted by Gasteiger charge is 2.37. The zero-order chi connectivity index (χ0) is 34.4. The number of rotatable bonds is 12. The maximum absolute atomic E-state index is 14.5. The SMILES string of the molecule is Cc1ccccc1CN(C(=O)CN(c1cc(C(F)(F)F)ccc1Cl)S(=O)(=O)c1ccccc1)[C@H](Cc1ccccc1)C(=O)NC(C)C. The summed E-state index contributed by atoms with van der Waals surface area (Å²) in [4.78, 5) is 29.3. The molecule has 0 aromatic heterocycles. The summed E-state index contributed by atoms with van der Waals surface area (Å²) in [5.41, 5.74) is 0.593. The number of carbonyl (C=O) groups is 2. The molecule has 0 saturated heterocycles. The van der Waals surface area contributed by atoms with Crippen LogP contribution in [0.3, 0.4) is 0 Å². The molecular formula is C35H35ClF3N3O4S. The number of carbonyl (C=O) groups excluding carboxylic acids is 2. The van der Waals surface area contributed by atoms with Gasteiger partial charge in [0.1, 0.15) is 12.6 Å². The average molecular weight is 686 g/mol. The number of nitrogens with zero attached hydrogens (tertiary/aromatic N) is 2. The number of anilines is 1. The monoisotopic (exact) mass is 685 g/mol. The van der Waals surface area contributed by atoms with Crippen LogP contribution in [0.1, 0.15) is 36.1 Å². The highest BCUT2D eigenvalue weighted by atomic mass is 35.5. The Morgan fingerprint density at radius 2 is 1.47 bits per heavy atom. The lowest BCUT2D eigenvalue weighted by molar-refractivity contribution is -0.140. The van der Waals surface area contributed by atoms with Gasteiger partial charge in [-0.1, -0.05) is 84.4 Å². The molecule has 4 rings (SSSR count). The van der Waals surface area contributed by atoms with Gasteiger partial charge in [-0.3, -0.25) is 13.9 Å². The second-order valence-electron chi connectivity index (χ2n) is 11.3. The van der Waals surface area contributed by atoms with Crippen molar-refractivity contribution in [3.63, 3.8) is 0 Å². The van der Waals surface area contributed by atoms with Crippen molar-refractivity contribution in [1.29, 1.82) is 0 Å². The van der Waals surface area contributed by atoms with Gasteiger partial charge in [0.25, 0.3) is 10.0 Å². The molecule has 4 aromatic carbocycles. The molecule has 12 heteroatoms. The van der Waals surface area contributed by atoms with Crippen LogP contribution in [0.2, 0.25) is 5.02 Å². The molecule has 0 saturated carbocycles. The third-order valence-electron chi connectivity index (χ3n) is 7.46. The minimum atomic E-state index is -4.82. The van der Waals surface area contributed by atoms with E-state index in [-0.39, 0.29) is 28.9 Å². The topological polar surface area (TPSA) is 86.8 Å². The first-order valence-corrected chi connectivity index (χ1v) is 16.6. The normalized spacial score (nSPS) is 12.4. The summed E-state index contributed by atoms with van der Waals surface area (Å²) >= 11 is 6.36. The fraction of sp³-hybridized carbons (Fsp3) is 0.257. The van der Waals surface area contributed by atoms with Crippen molar-refractivity contribution in [1.82, 2.24) is 10.2 Å². The molecule has 47 heavy (non-hydrogen) atoms. The summed E-state index contributed by atoms with van der Waals surface area (Å²) in [6.45, 7) is 4.37. The van der Waals surface area contributed by atoms with Crippen LogP contribution in [0.5, 0.6) is 0 Å². The van der Waals surface area contributed by atoms with E-state index in [1.807, 2.05) is 25.1 Å². The average Bonchev–Trinajstić information content (AvgIpc) is 3.02. The highest BCUT2D eigenvalue weighted by molar-refractivity contribution is 7.92. The van der Waals surface area contributed by atoms with Crippen LogP contribution in [0.15, 0.2) is 108 Å². The second-order valence-corrected chi connectivity index (χ2v) is 13.6. The van der Waals surface area contributed by atoms with E-state index in [2.05, 4.69) is 5.32 Å². The predicted molar refractivity (Wildman–Crippen MR) is 176 cm³/mol. The first-order valence-electron chi connectivity index (χ1n) is 14.8. The van der Waals surface area contributed by atoms with Crippen LogP contribution in [-0.4, -0.2) is 43.8 Å². The van der Waals surface area contributed by atoms with E-state index in [9.17, 15) is 31.2 Å². The maximum atomic E-state index is 14.5. The van der Waals surface area contributed by atoms with Crippen molar-refractivity contribution in [2.75, 3.05) is 10.8 Å². The zero-order valence-electron chi connectivity index (χ0n) is 26.0. The van der Waals surface area contributed by atoms with E-state index < -0.39 is 51.9 Å². The van der Waals surface area contributed by atoms with Crippen LogP contribution >= 0.6 is 11.6 Å². The molecule has 248 valence electrons. The predicted octanol–water partition coefficient (Wildman–Crippen LogP) is 7.03. The van der Waals surface area contributed by atoms with Crippen molar-refractivity contribution in [2.24, 2.45) is 0 Å². The van der Waals surface area contributed by atoms with Gasteiger partial charge in [-0.2, -0.15) is 13.2 Å². The lowest BCUT2D eigenvalue weighted by Gasteiger charge is -2.34. The summed E-state index contributed by atoms with van der Waals surface area (Å²) in [6.07, 6.45) is -4.73. The molecule has 1 N–H and O–H groups in total. The summed E-state index contributed by atoms with van der Waals surface area (Å²) in [5.74, 6) is -1.29. The zero-order valence-corrected chi connectivity index (χ0v) is 27.6. The van der Waals surface area contributed by atoms with Gasteiger partial charge in [-0.05, 0) is 67.8 Å². The second kappa shape index (κ2) is 15.0. The van der Waals surface area contributed by atoms with Gasteiger partial charge in [-0.15, -0.1) is 0 Å². The van der Waals surface area contributed by atoms with Crippen molar-refractivity contribution in [3.05, 3.63) is 130 Å². The summed E-state index contributed by atoms with van der Waals surface area (Å²) in [5, 5.41) is 2.55. The molecule has 0 bridgehead atoms. The van der Waals surface area contributed by atoms with Crippen LogP contribution < -0.4 is 9.62 Å². The third kappa shape index (κ3) is 8.93. The smallest absolute Gasteiger partial charge is 0.352 e. The fourth-order valence-electron chi connectivity index (χ4n) is 5.02. The first-order chi connectivity index (χ1) is 22.2. The molecule has 2 amide bonds. The Balaban J connectivity index is 1.88. The quantitative estimate of drug-likeness (QED) is 0.174. The molecule has 0 spiro atoms. The first kappa shape index (κ1) is 35.5. The van der Waals surface area contributed by atoms with E-state index in [0.29, 0.717) is 15.9 Å². The Bertz CT molecular complexity index is 1800. The van der Waals surface area contributed by atoms with Gasteiger partial charge in [0.05, 0.1) is 21.2 Å². The van der Waals surface area contributed by atoms with E-state index in [4.69, 9.17) is 11.6 Å². The Labute approximate surface area is 278 Å². The van der Waals surface area contributed by atoms with E-state index in [0.717, 1.165) is 23.3 Å². The Hall–Kier alpha value is -4.35. The molecule has 7 nitrogen and oxygen atoms in total. The number of aryl methyl sites for hydroxylation is 1. The van der Waals surface area contributed by atoms with Crippen molar-refractivity contribution in [2.45, 2.75) is 56.9 Å². The van der Waals surface area contributed by atoms with Gasteiger partial charge < -0.3 is 10.2 Å². The van der Waals surface area contributed by atoms with Crippen LogP contribution in [0.4, 0.5) is 18.9 Å². The number of hydrogen-bond donors (Lipinski definition) is 1. The van der Waals surface area contributed by atoms with Crippen molar-refractivity contribution >= 4 is 39.1 Å². The molecule has 0 unspecified atom stereocenters. The Kier molecular flexibility index (Phi) is 11.4. The summed E-state index contributed by atoms with van der Waals surface area (Å²) < 4.78 is 70.2. The number of sulfonamides is 1. The number of benzene rings is 4. The molecule has 0 radical (unpaired) electrons. The fourth-order valence-corrected chi connectivity index (χ4v) is 6.73. The number of halogens is 4. The Morgan fingerprint density at radius 3 is 2.06 bits per heavy atom. The molecular weight excluding hydrogens is 651 g/mol. The number of amides is 2. The maximum Gasteiger partial charge on any atom is 0.416 e. The highest BCUT2D eigenvalue weighted by Crippen LogP contribution is 2.37. The minimum Gasteiger partial charge on any atom is -0.352 e. The lowest BCUT2D eigenvalue weighted by atomic mass is 10.0. The molecule has 4 aromatic rings. The van der Waals surface area contributed by atoms with Crippen molar-refractivity contribution in [3.8, 4) is 0 Å². The van der Waals surface area contributed by atoms with E-state index in [1.165, 1.54) is 29.2 Å². The van der Waals surface area contributed by atoms with Gasteiger partial charge in [0, 0.05) is 19.0 Å². The summed E-state index contributed by atoms with van der Waals surface area (Å²) in [6, 6.07) is 24.2. The van der Waals surface area contributed by atoms with Gasteiger partial charge in [0.2, 0.25) is 11.8 Å². The standard InChI is InChI=1S/C35H35ClF3N3O4S/c1-24(2)40-34(44)32(20-26-13-6-4-7-14-26)41(22-27-15-11-10-12-25(27)3)33(43)23-42(47(45,46)29-16-8-5-9-17-29)31-21-28(35(37,38)39)18-19-30(31)36/h4-19,21,24,32H,20,22-23H2,1-3H3,(H,40,44)/t32-/m1/s1. The molecule has 0 aliphatic heterocycles. The third-order valence-corrected chi connectivity index (χ3v) is 9.55. The molecule has 0 fully saturated rings. The number of alkyl halides is 3. The number of nitrogens with one attached hydrogen (secondary N) is 1. The number of hydrogen-bond acceptors (Lipinski definition) is 4. The molecule has 1 atom stereocenters. The van der Waals surface area contributed by atoms with Gasteiger partial charge >= 0.3 is 6.18 Å². The lowest BCUT2D eigenvalue weighted by Crippen LogP contribution is -2.54. The van der Waals surface area contributed by atoms with Crippen molar-refractivity contribution < 1.29 is 31.2 Å². The largest absolute Gasteiger partial charge is 0.416 e. The summed E-state index contributed by atoms with van der Waals surface area (Å²) in [7, 11) is -4.64. The van der Waals surface area contributed by atoms with E-state index in [1.54, 1.807) is 56.3 Å². The molecule has 0 aliphatic rings. The van der Waals surface area contributed by atoms with Gasteiger partial charge in [0.15, 0.2) is 0 Å². The van der Waals surface area contributed by atoms with Crippen LogP contribution in [0, 0.1) is 6.92 Å².